The van der Waals surface area contributed by atoms with Gasteiger partial charge >= 0.3 is 0 Å². The first kappa shape index (κ1) is 21.9. The molecule has 7 heteroatoms. The molecular formula is C22H25BrN2O3S. The van der Waals surface area contributed by atoms with Crippen molar-refractivity contribution in [3.63, 3.8) is 0 Å². The number of ether oxygens (including phenoxy) is 1. The molecule has 5 nitrogen and oxygen atoms in total. The fourth-order valence-electron chi connectivity index (χ4n) is 3.61. The van der Waals surface area contributed by atoms with Crippen molar-refractivity contribution in [2.24, 2.45) is 0 Å². The Balaban J connectivity index is 0.00000240. The van der Waals surface area contributed by atoms with Gasteiger partial charge in [-0.25, -0.2) is 0 Å². The maximum atomic E-state index is 12.4. The van der Waals surface area contributed by atoms with E-state index in [0.717, 1.165) is 11.6 Å². The predicted molar refractivity (Wildman–Crippen MR) is 120 cm³/mol. The second-order valence-electron chi connectivity index (χ2n) is 7.08. The van der Waals surface area contributed by atoms with E-state index in [0.29, 0.717) is 11.1 Å². The number of fused-ring (bicyclic) bond motifs is 1. The van der Waals surface area contributed by atoms with Gasteiger partial charge in [-0.15, -0.1) is 28.7 Å². The first-order valence-electron chi connectivity index (χ1n) is 9.75. The topological polar surface area (TPSA) is 49.9 Å². The number of nitrogens with zero attached hydrogens (tertiary/aromatic N) is 2. The van der Waals surface area contributed by atoms with Crippen molar-refractivity contribution in [3.8, 4) is 5.75 Å². The molecule has 0 unspecified atom stereocenters. The first-order chi connectivity index (χ1) is 13.7. The van der Waals surface area contributed by atoms with E-state index in [-0.39, 0.29) is 41.9 Å². The third kappa shape index (κ3) is 5.21. The number of rotatable bonds is 7. The SMILES string of the molecule is Br.O=C1c2ccccc2C(=O)N1CCOc1cccc(SCN2CCCCC2)c1. The molecule has 2 aromatic rings. The maximum Gasteiger partial charge on any atom is 0.261 e. The van der Waals surface area contributed by atoms with Crippen LogP contribution in [-0.4, -0.2) is 53.7 Å². The number of piperidine rings is 1. The fourth-order valence-corrected chi connectivity index (χ4v) is 4.57. The van der Waals surface area contributed by atoms with Gasteiger partial charge in [-0.1, -0.05) is 24.6 Å². The van der Waals surface area contributed by atoms with Crippen molar-refractivity contribution >= 4 is 40.6 Å². The predicted octanol–water partition coefficient (Wildman–Crippen LogP) is 4.48. The largest absolute Gasteiger partial charge is 0.492 e. The summed E-state index contributed by atoms with van der Waals surface area (Å²) in [6.45, 7) is 2.90. The molecule has 0 saturated carbocycles. The Morgan fingerprint density at radius 1 is 0.897 bits per heavy atom. The third-order valence-electron chi connectivity index (χ3n) is 5.13. The van der Waals surface area contributed by atoms with Crippen molar-refractivity contribution in [2.75, 3.05) is 32.1 Å². The molecule has 0 bridgehead atoms. The molecule has 0 aliphatic carbocycles. The summed E-state index contributed by atoms with van der Waals surface area (Å²) in [7, 11) is 0. The van der Waals surface area contributed by atoms with Crippen LogP contribution in [0.25, 0.3) is 0 Å². The summed E-state index contributed by atoms with van der Waals surface area (Å²) in [6.07, 6.45) is 3.93. The summed E-state index contributed by atoms with van der Waals surface area (Å²) >= 11 is 1.82. The van der Waals surface area contributed by atoms with Crippen molar-refractivity contribution in [1.29, 1.82) is 0 Å². The van der Waals surface area contributed by atoms with Crippen LogP contribution in [0.1, 0.15) is 40.0 Å². The van der Waals surface area contributed by atoms with Crippen molar-refractivity contribution < 1.29 is 14.3 Å². The summed E-state index contributed by atoms with van der Waals surface area (Å²) in [5.74, 6) is 1.28. The van der Waals surface area contributed by atoms with Crippen molar-refractivity contribution in [2.45, 2.75) is 24.2 Å². The average Bonchev–Trinajstić information content (AvgIpc) is 2.98. The van der Waals surface area contributed by atoms with Crippen LogP contribution in [-0.2, 0) is 0 Å². The number of hydrogen-bond acceptors (Lipinski definition) is 5. The molecular weight excluding hydrogens is 452 g/mol. The molecule has 0 spiro atoms. The number of amides is 2. The summed E-state index contributed by atoms with van der Waals surface area (Å²) < 4.78 is 5.82. The van der Waals surface area contributed by atoms with E-state index >= 15 is 0 Å². The lowest BCUT2D eigenvalue weighted by Gasteiger charge is -2.25. The number of benzene rings is 2. The van der Waals surface area contributed by atoms with Gasteiger partial charge in [-0.2, -0.15) is 0 Å². The highest BCUT2D eigenvalue weighted by Crippen LogP contribution is 2.25. The van der Waals surface area contributed by atoms with Gasteiger partial charge in [0.25, 0.3) is 11.8 Å². The molecule has 2 aliphatic heterocycles. The highest BCUT2D eigenvalue weighted by atomic mass is 79.9. The number of likely N-dealkylation sites (tertiary alicyclic amines) is 1. The van der Waals surface area contributed by atoms with Gasteiger partial charge < -0.3 is 4.74 Å². The zero-order valence-corrected chi connectivity index (χ0v) is 18.7. The second kappa shape index (κ2) is 10.3. The fraction of sp³-hybridized carbons (Fsp3) is 0.364. The maximum absolute atomic E-state index is 12.4. The number of thioether (sulfide) groups is 1. The van der Waals surface area contributed by atoms with E-state index < -0.39 is 0 Å². The molecule has 2 heterocycles. The molecule has 4 rings (SSSR count). The number of imide groups is 1. The van der Waals surface area contributed by atoms with Gasteiger partial charge in [0.05, 0.1) is 17.7 Å². The van der Waals surface area contributed by atoms with Crippen LogP contribution in [0.15, 0.2) is 53.4 Å². The van der Waals surface area contributed by atoms with Crippen molar-refractivity contribution in [1.82, 2.24) is 9.80 Å². The summed E-state index contributed by atoms with van der Waals surface area (Å²) in [5.41, 5.74) is 0.951. The van der Waals surface area contributed by atoms with E-state index in [4.69, 9.17) is 4.74 Å². The zero-order chi connectivity index (χ0) is 19.3. The minimum Gasteiger partial charge on any atom is -0.492 e. The third-order valence-corrected chi connectivity index (χ3v) is 6.21. The van der Waals surface area contributed by atoms with Gasteiger partial charge in [0.2, 0.25) is 0 Å². The Morgan fingerprint density at radius 2 is 1.59 bits per heavy atom. The minimum atomic E-state index is -0.241. The minimum absolute atomic E-state index is 0. The van der Waals surface area contributed by atoms with Crippen LogP contribution in [0.3, 0.4) is 0 Å². The lowest BCUT2D eigenvalue weighted by atomic mass is 10.1. The number of halogens is 1. The van der Waals surface area contributed by atoms with Gasteiger partial charge in [0, 0.05) is 10.8 Å². The van der Waals surface area contributed by atoms with Crippen LogP contribution < -0.4 is 4.74 Å². The lowest BCUT2D eigenvalue weighted by Crippen LogP contribution is -2.33. The van der Waals surface area contributed by atoms with E-state index in [1.807, 2.05) is 30.0 Å². The van der Waals surface area contributed by atoms with Crippen LogP contribution in [0, 0.1) is 0 Å². The molecule has 29 heavy (non-hydrogen) atoms. The van der Waals surface area contributed by atoms with Crippen LogP contribution in [0.2, 0.25) is 0 Å². The molecule has 0 aromatic heterocycles. The van der Waals surface area contributed by atoms with Gasteiger partial charge in [0.1, 0.15) is 12.4 Å². The number of hydrogen-bond donors (Lipinski definition) is 0. The van der Waals surface area contributed by atoms with E-state index in [1.165, 1.54) is 42.1 Å². The standard InChI is InChI=1S/C22H24N2O3S.BrH/c25-21-19-9-2-3-10-20(19)22(26)24(21)13-14-27-17-7-6-8-18(15-17)28-16-23-11-4-1-5-12-23;/h2-3,6-10,15H,1,4-5,11-14,16H2;1H. The lowest BCUT2D eigenvalue weighted by molar-refractivity contribution is 0.0631. The second-order valence-corrected chi connectivity index (χ2v) is 8.10. The highest BCUT2D eigenvalue weighted by molar-refractivity contribution is 8.93. The van der Waals surface area contributed by atoms with Gasteiger partial charge in [-0.3, -0.25) is 19.4 Å². The molecule has 2 aromatic carbocycles. The molecule has 0 atom stereocenters. The van der Waals surface area contributed by atoms with Crippen molar-refractivity contribution in [3.05, 3.63) is 59.7 Å². The molecule has 2 amide bonds. The number of carbonyl (C=O) groups excluding carboxylic acids is 2. The molecule has 0 radical (unpaired) electrons. The molecule has 1 saturated heterocycles. The van der Waals surface area contributed by atoms with E-state index in [2.05, 4.69) is 11.0 Å². The summed E-state index contributed by atoms with van der Waals surface area (Å²) in [6, 6.07) is 14.9. The smallest absolute Gasteiger partial charge is 0.261 e. The van der Waals surface area contributed by atoms with Gasteiger partial charge in [-0.05, 0) is 56.3 Å². The summed E-state index contributed by atoms with van der Waals surface area (Å²) in [5, 5.41) is 0. The van der Waals surface area contributed by atoms with Crippen LogP contribution in [0.5, 0.6) is 5.75 Å². The van der Waals surface area contributed by atoms with E-state index in [9.17, 15) is 9.59 Å². The van der Waals surface area contributed by atoms with E-state index in [1.54, 1.807) is 24.3 Å². The Morgan fingerprint density at radius 3 is 2.28 bits per heavy atom. The molecule has 154 valence electrons. The monoisotopic (exact) mass is 476 g/mol. The molecule has 0 N–H and O–H groups in total. The Bertz CT molecular complexity index is 836. The molecule has 1 fully saturated rings. The first-order valence-corrected chi connectivity index (χ1v) is 10.7. The van der Waals surface area contributed by atoms with Crippen LogP contribution >= 0.6 is 28.7 Å². The number of carbonyl (C=O) groups is 2. The normalized spacial score (nSPS) is 16.5. The highest BCUT2D eigenvalue weighted by Gasteiger charge is 2.34. The Hall–Kier alpha value is -1.83. The average molecular weight is 477 g/mol. The van der Waals surface area contributed by atoms with Gasteiger partial charge in [0.15, 0.2) is 0 Å². The Labute approximate surface area is 186 Å². The Kier molecular flexibility index (Phi) is 7.75. The zero-order valence-electron chi connectivity index (χ0n) is 16.2. The molecule has 2 aliphatic rings. The summed E-state index contributed by atoms with van der Waals surface area (Å²) in [4.78, 5) is 29.7. The quantitative estimate of drug-likeness (QED) is 0.435. The van der Waals surface area contributed by atoms with Crippen LogP contribution in [0.4, 0.5) is 0 Å².